The van der Waals surface area contributed by atoms with Gasteiger partial charge in [-0.05, 0) is 93.6 Å². The number of furan rings is 1. The molecule has 9 heteroatoms. The number of hydrogen-bond donors (Lipinski definition) is 3. The van der Waals surface area contributed by atoms with E-state index in [2.05, 4.69) is 10.6 Å². The number of nitrogens with one attached hydrogen (secondary N) is 2. The zero-order chi connectivity index (χ0) is 30.2. The predicted molar refractivity (Wildman–Crippen MR) is 155 cm³/mol. The number of nitrogens with zero attached hydrogens (tertiary/aromatic N) is 1. The largest absolute Gasteiger partial charge is 0.467 e. The zero-order valence-corrected chi connectivity index (χ0v) is 24.5. The fraction of sp³-hybridized carbons (Fsp3) is 0.438. The number of aliphatic hydroxyl groups is 1. The Kier molecular flexibility index (Phi) is 11.2. The summed E-state index contributed by atoms with van der Waals surface area (Å²) in [5, 5.41) is 17.3. The molecule has 1 heterocycles. The number of halogens is 2. The summed E-state index contributed by atoms with van der Waals surface area (Å²) >= 11 is 0. The molecule has 222 valence electrons. The number of hydrogen-bond acceptors (Lipinski definition) is 5. The molecular weight excluding hydrogens is 528 g/mol. The Balaban J connectivity index is 1.85. The van der Waals surface area contributed by atoms with Gasteiger partial charge >= 0.3 is 0 Å². The molecule has 2 amide bonds. The van der Waals surface area contributed by atoms with Gasteiger partial charge in [-0.15, -0.1) is 0 Å². The van der Waals surface area contributed by atoms with Crippen molar-refractivity contribution >= 4 is 11.8 Å². The van der Waals surface area contributed by atoms with Crippen LogP contribution >= 0.6 is 0 Å². The second-order valence-electron chi connectivity index (χ2n) is 11.0. The molecule has 0 bridgehead atoms. The molecule has 7 nitrogen and oxygen atoms in total. The molecule has 0 saturated heterocycles. The molecule has 3 N–H and O–H groups in total. The Morgan fingerprint density at radius 2 is 1.63 bits per heavy atom. The SMILES string of the molecule is CCCN(CCC)C(=O)c1cc(C)cc(C(=O)N[C@@H](Cc2cc(F)cc(F)c2)[C@H](O)CNC(C)(C)c2ccco2)c1. The first-order chi connectivity index (χ1) is 19.4. The summed E-state index contributed by atoms with van der Waals surface area (Å²) in [4.78, 5) is 28.5. The van der Waals surface area contributed by atoms with Crippen LogP contribution in [0.5, 0.6) is 0 Å². The van der Waals surface area contributed by atoms with E-state index in [0.29, 0.717) is 24.4 Å². The van der Waals surface area contributed by atoms with Crippen LogP contribution in [-0.2, 0) is 12.0 Å². The van der Waals surface area contributed by atoms with Crippen LogP contribution in [0.3, 0.4) is 0 Å². The van der Waals surface area contributed by atoms with E-state index in [4.69, 9.17) is 4.42 Å². The maximum Gasteiger partial charge on any atom is 0.253 e. The monoisotopic (exact) mass is 569 g/mol. The van der Waals surface area contributed by atoms with Crippen molar-refractivity contribution in [1.82, 2.24) is 15.5 Å². The van der Waals surface area contributed by atoms with Gasteiger partial charge in [-0.1, -0.05) is 13.8 Å². The highest BCUT2D eigenvalue weighted by Gasteiger charge is 2.28. The van der Waals surface area contributed by atoms with Crippen molar-refractivity contribution in [3.8, 4) is 0 Å². The standard InChI is InChI=1S/C32H41F2N3O4/c1-6-10-37(11-7-2)31(40)24-14-21(3)13-23(18-24)30(39)36-27(17-22-15-25(33)19-26(34)16-22)28(38)20-35-32(4,5)29-9-8-12-41-29/h8-9,12-16,18-19,27-28,35,38H,6-7,10-11,17,20H2,1-5H3,(H,36,39)/t27-,28+/m0/s1. The van der Waals surface area contributed by atoms with Gasteiger partial charge in [0.05, 0.1) is 23.9 Å². The highest BCUT2D eigenvalue weighted by atomic mass is 19.1. The lowest BCUT2D eigenvalue weighted by molar-refractivity contribution is 0.0755. The van der Waals surface area contributed by atoms with Crippen molar-refractivity contribution < 1.29 is 27.9 Å². The highest BCUT2D eigenvalue weighted by molar-refractivity contribution is 6.00. The fourth-order valence-electron chi connectivity index (χ4n) is 4.82. The number of rotatable bonds is 14. The van der Waals surface area contributed by atoms with Gasteiger partial charge in [0.1, 0.15) is 17.4 Å². The topological polar surface area (TPSA) is 94.8 Å². The lowest BCUT2D eigenvalue weighted by atomic mass is 9.97. The zero-order valence-electron chi connectivity index (χ0n) is 24.5. The van der Waals surface area contributed by atoms with E-state index in [1.807, 2.05) is 33.8 Å². The van der Waals surface area contributed by atoms with Crippen LogP contribution in [-0.4, -0.2) is 53.6 Å². The normalized spacial score (nSPS) is 13.1. The second-order valence-corrected chi connectivity index (χ2v) is 11.0. The van der Waals surface area contributed by atoms with Gasteiger partial charge in [-0.2, -0.15) is 0 Å². The first-order valence-corrected chi connectivity index (χ1v) is 14.1. The van der Waals surface area contributed by atoms with Crippen LogP contribution < -0.4 is 10.6 Å². The summed E-state index contributed by atoms with van der Waals surface area (Å²) < 4.78 is 33.4. The molecule has 0 spiro atoms. The van der Waals surface area contributed by atoms with Gasteiger partial charge in [0, 0.05) is 36.8 Å². The Labute approximate surface area is 240 Å². The van der Waals surface area contributed by atoms with Gasteiger partial charge in [-0.25, -0.2) is 8.78 Å². The average molecular weight is 570 g/mol. The van der Waals surface area contributed by atoms with Crippen molar-refractivity contribution in [2.24, 2.45) is 0 Å². The van der Waals surface area contributed by atoms with Gasteiger partial charge in [0.25, 0.3) is 11.8 Å². The van der Waals surface area contributed by atoms with Crippen LogP contribution in [0.2, 0.25) is 0 Å². The third-order valence-corrected chi connectivity index (χ3v) is 6.91. The molecule has 2 atom stereocenters. The van der Waals surface area contributed by atoms with E-state index in [9.17, 15) is 23.5 Å². The number of aliphatic hydroxyl groups excluding tert-OH is 1. The number of carbonyl (C=O) groups excluding carboxylic acids is 2. The molecule has 0 aliphatic rings. The minimum Gasteiger partial charge on any atom is -0.467 e. The van der Waals surface area contributed by atoms with Crippen LogP contribution in [0.4, 0.5) is 8.78 Å². The predicted octanol–water partition coefficient (Wildman–Crippen LogP) is 5.36. The highest BCUT2D eigenvalue weighted by Crippen LogP contribution is 2.21. The Hall–Kier alpha value is -3.56. The first-order valence-electron chi connectivity index (χ1n) is 14.1. The quantitative estimate of drug-likeness (QED) is 0.243. The third-order valence-electron chi connectivity index (χ3n) is 6.91. The molecule has 0 aliphatic heterocycles. The molecule has 0 radical (unpaired) electrons. The Morgan fingerprint density at radius 1 is 1.00 bits per heavy atom. The number of benzene rings is 2. The molecule has 3 rings (SSSR count). The first kappa shape index (κ1) is 32.0. The van der Waals surface area contributed by atoms with Crippen molar-refractivity contribution in [2.45, 2.75) is 71.6 Å². The maximum atomic E-state index is 14.0. The van der Waals surface area contributed by atoms with Crippen molar-refractivity contribution in [2.75, 3.05) is 19.6 Å². The summed E-state index contributed by atoms with van der Waals surface area (Å²) in [7, 11) is 0. The van der Waals surface area contributed by atoms with Gasteiger partial charge in [0.2, 0.25) is 0 Å². The molecule has 3 aromatic rings. The van der Waals surface area contributed by atoms with Crippen LogP contribution in [0, 0.1) is 18.6 Å². The summed E-state index contributed by atoms with van der Waals surface area (Å²) in [5.41, 5.74) is 1.06. The van der Waals surface area contributed by atoms with E-state index in [-0.39, 0.29) is 30.0 Å². The summed E-state index contributed by atoms with van der Waals surface area (Å²) in [5.74, 6) is -1.49. The van der Waals surface area contributed by atoms with Gasteiger partial charge in [-0.3, -0.25) is 9.59 Å². The maximum absolute atomic E-state index is 14.0. The van der Waals surface area contributed by atoms with E-state index in [1.54, 1.807) is 42.4 Å². The van der Waals surface area contributed by atoms with Crippen LogP contribution in [0.15, 0.2) is 59.2 Å². The van der Waals surface area contributed by atoms with Crippen LogP contribution in [0.25, 0.3) is 0 Å². The average Bonchev–Trinajstić information content (AvgIpc) is 3.46. The van der Waals surface area contributed by atoms with Crippen molar-refractivity contribution in [3.63, 3.8) is 0 Å². The summed E-state index contributed by atoms with van der Waals surface area (Å²) in [6.07, 6.45) is 2.03. The molecule has 0 aliphatic carbocycles. The smallest absolute Gasteiger partial charge is 0.253 e. The Bertz CT molecular complexity index is 1280. The second kappa shape index (κ2) is 14.4. The van der Waals surface area contributed by atoms with E-state index >= 15 is 0 Å². The molecule has 0 fully saturated rings. The Morgan fingerprint density at radius 3 is 2.22 bits per heavy atom. The number of carbonyl (C=O) groups is 2. The van der Waals surface area contributed by atoms with E-state index in [1.165, 1.54) is 12.1 Å². The molecule has 1 aromatic heterocycles. The van der Waals surface area contributed by atoms with E-state index < -0.39 is 35.2 Å². The summed E-state index contributed by atoms with van der Waals surface area (Å²) in [6.45, 7) is 10.9. The summed E-state index contributed by atoms with van der Waals surface area (Å²) in [6, 6.07) is 10.8. The van der Waals surface area contributed by atoms with Crippen LogP contribution in [0.1, 0.15) is 78.1 Å². The van der Waals surface area contributed by atoms with Crippen molar-refractivity contribution in [3.05, 3.63) is 94.4 Å². The number of amides is 2. The molecular formula is C32H41F2N3O4. The lowest BCUT2D eigenvalue weighted by Crippen LogP contribution is -2.51. The fourth-order valence-corrected chi connectivity index (χ4v) is 4.82. The van der Waals surface area contributed by atoms with Crippen molar-refractivity contribution in [1.29, 1.82) is 0 Å². The molecule has 0 unspecified atom stereocenters. The van der Waals surface area contributed by atoms with Gasteiger partial charge in [0.15, 0.2) is 0 Å². The minimum atomic E-state index is -1.13. The van der Waals surface area contributed by atoms with Gasteiger partial charge < -0.3 is 25.1 Å². The molecule has 2 aromatic carbocycles. The third kappa shape index (κ3) is 8.96. The molecule has 41 heavy (non-hydrogen) atoms. The lowest BCUT2D eigenvalue weighted by Gasteiger charge is -2.30. The molecule has 0 saturated carbocycles. The number of aryl methyl sites for hydroxylation is 1. The van der Waals surface area contributed by atoms with E-state index in [0.717, 1.165) is 24.5 Å². The minimum absolute atomic E-state index is 0.0250.